The summed E-state index contributed by atoms with van der Waals surface area (Å²) in [5, 5.41) is 2.90. The summed E-state index contributed by atoms with van der Waals surface area (Å²) >= 11 is 0. The number of aromatic nitrogens is 2. The second-order valence-electron chi connectivity index (χ2n) is 4.63. The maximum absolute atomic E-state index is 12.0. The van der Waals surface area contributed by atoms with Gasteiger partial charge in [0.2, 0.25) is 0 Å². The van der Waals surface area contributed by atoms with Crippen molar-refractivity contribution < 1.29 is 8.42 Å². The number of sulfone groups is 1. The molecule has 1 aromatic rings. The summed E-state index contributed by atoms with van der Waals surface area (Å²) in [6, 6.07) is 0.317. The van der Waals surface area contributed by atoms with Gasteiger partial charge in [-0.15, -0.1) is 0 Å². The fraction of sp³-hybridized carbons (Fsp3) is 0.636. The van der Waals surface area contributed by atoms with Gasteiger partial charge in [0.05, 0.1) is 5.75 Å². The summed E-state index contributed by atoms with van der Waals surface area (Å²) in [5.74, 6) is 0.418. The van der Waals surface area contributed by atoms with E-state index in [4.69, 9.17) is 0 Å². The molecular formula is C11H17N3O3S. The van der Waals surface area contributed by atoms with Gasteiger partial charge in [0.25, 0.3) is 5.56 Å². The maximum atomic E-state index is 12.0. The van der Waals surface area contributed by atoms with Crippen molar-refractivity contribution in [1.82, 2.24) is 9.55 Å². The van der Waals surface area contributed by atoms with E-state index < -0.39 is 9.84 Å². The number of nitrogens with zero attached hydrogens (tertiary/aromatic N) is 2. The molecule has 0 saturated heterocycles. The van der Waals surface area contributed by atoms with E-state index in [1.54, 1.807) is 17.0 Å². The Morgan fingerprint density at radius 3 is 2.83 bits per heavy atom. The zero-order chi connectivity index (χ0) is 13.2. The summed E-state index contributed by atoms with van der Waals surface area (Å²) in [6.45, 7) is 0.435. The molecule has 1 aromatic heterocycles. The number of hydrogen-bond acceptors (Lipinski definition) is 5. The smallest absolute Gasteiger partial charge is 0.293 e. The first-order valence-electron chi connectivity index (χ1n) is 5.96. The quantitative estimate of drug-likeness (QED) is 0.759. The Labute approximate surface area is 106 Å². The number of rotatable bonds is 6. The van der Waals surface area contributed by atoms with Crippen LogP contribution in [0, 0.1) is 0 Å². The van der Waals surface area contributed by atoms with Gasteiger partial charge in [0.15, 0.2) is 5.82 Å². The average molecular weight is 271 g/mol. The predicted octanol–water partition coefficient (Wildman–Crippen LogP) is 0.425. The highest BCUT2D eigenvalue weighted by atomic mass is 32.2. The van der Waals surface area contributed by atoms with Crippen molar-refractivity contribution in [3.63, 3.8) is 0 Å². The van der Waals surface area contributed by atoms with E-state index in [0.717, 1.165) is 12.8 Å². The highest BCUT2D eigenvalue weighted by molar-refractivity contribution is 7.90. The first-order valence-corrected chi connectivity index (χ1v) is 8.02. The van der Waals surface area contributed by atoms with Gasteiger partial charge in [-0.1, -0.05) is 0 Å². The fourth-order valence-electron chi connectivity index (χ4n) is 1.73. The topological polar surface area (TPSA) is 81.1 Å². The summed E-state index contributed by atoms with van der Waals surface area (Å²) in [6.07, 6.45) is 7.04. The van der Waals surface area contributed by atoms with Gasteiger partial charge in [-0.25, -0.2) is 13.4 Å². The third-order valence-electron chi connectivity index (χ3n) is 2.79. The van der Waals surface area contributed by atoms with Crippen LogP contribution < -0.4 is 10.9 Å². The molecule has 0 amide bonds. The molecule has 1 heterocycles. The van der Waals surface area contributed by atoms with Crippen LogP contribution in [-0.2, 0) is 9.84 Å². The monoisotopic (exact) mass is 271 g/mol. The minimum absolute atomic E-state index is 0.115. The van der Waals surface area contributed by atoms with E-state index in [9.17, 15) is 13.2 Å². The van der Waals surface area contributed by atoms with Gasteiger partial charge in [0.1, 0.15) is 9.84 Å². The van der Waals surface area contributed by atoms with E-state index in [-0.39, 0.29) is 11.3 Å². The summed E-state index contributed by atoms with van der Waals surface area (Å²) in [7, 11) is -2.94. The molecule has 0 unspecified atom stereocenters. The van der Waals surface area contributed by atoms with Gasteiger partial charge in [-0.3, -0.25) is 4.79 Å². The molecule has 1 fully saturated rings. The largest absolute Gasteiger partial charge is 0.365 e. The molecule has 100 valence electrons. The second-order valence-corrected chi connectivity index (χ2v) is 6.89. The predicted molar refractivity (Wildman–Crippen MR) is 69.6 cm³/mol. The zero-order valence-corrected chi connectivity index (χ0v) is 11.1. The van der Waals surface area contributed by atoms with E-state index >= 15 is 0 Å². The molecule has 0 aromatic carbocycles. The molecule has 18 heavy (non-hydrogen) atoms. The Morgan fingerprint density at radius 1 is 1.50 bits per heavy atom. The lowest BCUT2D eigenvalue weighted by atomic mass is 10.4. The molecule has 6 nitrogen and oxygen atoms in total. The summed E-state index contributed by atoms with van der Waals surface area (Å²) < 4.78 is 23.6. The highest BCUT2D eigenvalue weighted by Gasteiger charge is 2.25. The molecule has 2 rings (SSSR count). The van der Waals surface area contributed by atoms with Gasteiger partial charge in [-0.2, -0.15) is 0 Å². The summed E-state index contributed by atoms with van der Waals surface area (Å²) in [5.41, 5.74) is -0.126. The molecule has 0 radical (unpaired) electrons. The molecule has 1 aliphatic carbocycles. The molecule has 1 N–H and O–H groups in total. The normalized spacial score (nSPS) is 15.6. The van der Waals surface area contributed by atoms with Crippen LogP contribution in [0.1, 0.15) is 25.3 Å². The molecule has 7 heteroatoms. The van der Waals surface area contributed by atoms with E-state index in [2.05, 4.69) is 10.3 Å². The van der Waals surface area contributed by atoms with Crippen molar-refractivity contribution in [2.45, 2.75) is 25.3 Å². The van der Waals surface area contributed by atoms with E-state index in [0.29, 0.717) is 24.8 Å². The molecule has 0 aliphatic heterocycles. The van der Waals surface area contributed by atoms with Crippen LogP contribution in [0.4, 0.5) is 5.82 Å². The Bertz CT molecular complexity index is 575. The molecule has 0 atom stereocenters. The minimum Gasteiger partial charge on any atom is -0.365 e. The van der Waals surface area contributed by atoms with Gasteiger partial charge in [-0.05, 0) is 19.3 Å². The van der Waals surface area contributed by atoms with Crippen molar-refractivity contribution in [3.8, 4) is 0 Å². The van der Waals surface area contributed by atoms with Crippen LogP contribution in [0.25, 0.3) is 0 Å². The summed E-state index contributed by atoms with van der Waals surface area (Å²) in [4.78, 5) is 16.0. The number of hydrogen-bond donors (Lipinski definition) is 1. The molecular weight excluding hydrogens is 254 g/mol. The Kier molecular flexibility index (Phi) is 3.70. The minimum atomic E-state index is -2.94. The third-order valence-corrected chi connectivity index (χ3v) is 3.82. The van der Waals surface area contributed by atoms with Crippen LogP contribution in [0.3, 0.4) is 0 Å². The molecule has 1 aliphatic rings. The van der Waals surface area contributed by atoms with Gasteiger partial charge in [0, 0.05) is 31.2 Å². The fourth-order valence-corrected chi connectivity index (χ4v) is 2.40. The molecule has 0 spiro atoms. The van der Waals surface area contributed by atoms with Crippen molar-refractivity contribution in [3.05, 3.63) is 22.7 Å². The van der Waals surface area contributed by atoms with Crippen LogP contribution in [-0.4, -0.2) is 36.5 Å². The Hall–Kier alpha value is -1.37. The lowest BCUT2D eigenvalue weighted by molar-refractivity contribution is 0.600. The van der Waals surface area contributed by atoms with E-state index in [1.807, 2.05) is 0 Å². The zero-order valence-electron chi connectivity index (χ0n) is 10.3. The molecule has 0 bridgehead atoms. The van der Waals surface area contributed by atoms with Crippen molar-refractivity contribution in [1.29, 1.82) is 0 Å². The number of nitrogens with one attached hydrogen (secondary N) is 1. The van der Waals surface area contributed by atoms with Crippen molar-refractivity contribution in [2.75, 3.05) is 23.9 Å². The standard InChI is InChI=1S/C11H17N3O3S/c1-18(16,17)8-2-5-12-10-11(15)14(7-6-13-10)9-3-4-9/h6-7,9H,2-5,8H2,1H3,(H,12,13). The first kappa shape index (κ1) is 13.1. The highest BCUT2D eigenvalue weighted by Crippen LogP contribution is 2.33. The van der Waals surface area contributed by atoms with Gasteiger partial charge >= 0.3 is 0 Å². The maximum Gasteiger partial charge on any atom is 0.293 e. The van der Waals surface area contributed by atoms with E-state index in [1.165, 1.54) is 6.26 Å². The lowest BCUT2D eigenvalue weighted by Gasteiger charge is -2.07. The van der Waals surface area contributed by atoms with Crippen molar-refractivity contribution >= 4 is 15.7 Å². The SMILES string of the molecule is CS(=O)(=O)CCCNc1nccn(C2CC2)c1=O. The lowest BCUT2D eigenvalue weighted by Crippen LogP contribution is -2.24. The van der Waals surface area contributed by atoms with Crippen molar-refractivity contribution in [2.24, 2.45) is 0 Å². The van der Waals surface area contributed by atoms with Crippen LogP contribution >= 0.6 is 0 Å². The first-order chi connectivity index (χ1) is 8.47. The van der Waals surface area contributed by atoms with Crippen LogP contribution in [0.5, 0.6) is 0 Å². The van der Waals surface area contributed by atoms with Crippen LogP contribution in [0.15, 0.2) is 17.2 Å². The van der Waals surface area contributed by atoms with Gasteiger partial charge < -0.3 is 9.88 Å². The third kappa shape index (κ3) is 3.56. The average Bonchev–Trinajstić information content (AvgIpc) is 3.09. The Morgan fingerprint density at radius 2 is 2.22 bits per heavy atom. The number of anilines is 1. The second kappa shape index (κ2) is 5.09. The van der Waals surface area contributed by atoms with Crippen LogP contribution in [0.2, 0.25) is 0 Å². The molecule has 1 saturated carbocycles. The Balaban J connectivity index is 1.93.